The molecular weight excluding hydrogens is 424 g/mol. The monoisotopic (exact) mass is 472 g/mol. The van der Waals surface area contributed by atoms with E-state index < -0.39 is 6.10 Å². The zero-order chi connectivity index (χ0) is 25.1. The van der Waals surface area contributed by atoms with Crippen molar-refractivity contribution in [1.82, 2.24) is 0 Å². The maximum Gasteiger partial charge on any atom is 0.139 e. The molecule has 10 unspecified atom stereocenters. The third-order valence-electron chi connectivity index (χ3n) is 13.7. The lowest BCUT2D eigenvalue weighted by Crippen LogP contribution is -2.72. The zero-order valence-electron chi connectivity index (χ0n) is 22.7. The molecule has 5 aliphatic carbocycles. The SMILES string of the molecule is CC1C(=O)CCC2C3(C)CCC4(C)C5CC(C)(C)C(=O)CC5(C)CCC4(CO)C3CC(O)C12C. The van der Waals surface area contributed by atoms with Crippen molar-refractivity contribution in [3.05, 3.63) is 0 Å². The molecule has 0 aromatic carbocycles. The highest BCUT2D eigenvalue weighted by Crippen LogP contribution is 2.78. The molecule has 192 valence electrons. The number of aliphatic hydroxyl groups is 2. The highest BCUT2D eigenvalue weighted by molar-refractivity contribution is 5.85. The van der Waals surface area contributed by atoms with E-state index in [1.54, 1.807) is 0 Å². The average molecular weight is 473 g/mol. The zero-order valence-corrected chi connectivity index (χ0v) is 22.7. The molecule has 0 amide bonds. The van der Waals surface area contributed by atoms with Crippen molar-refractivity contribution in [1.29, 1.82) is 0 Å². The van der Waals surface area contributed by atoms with E-state index in [4.69, 9.17) is 0 Å². The number of carbonyl (C=O) groups excluding carboxylic acids is 2. The molecule has 0 aromatic heterocycles. The Labute approximate surface area is 206 Å². The molecule has 0 spiro atoms. The molecule has 10 atom stereocenters. The standard InChI is InChI=1S/C30H48O4/c1-18-19(32)8-9-20-27(5)11-12-28(6)22-15-25(2,3)24(34)16-26(22,4)10-13-30(28,17-31)21(27)14-23(33)29(18,20)7/h18,20-23,31,33H,8-17H2,1-7H3. The first-order valence-electron chi connectivity index (χ1n) is 14.0. The molecule has 5 fully saturated rings. The molecule has 5 rings (SSSR count). The summed E-state index contributed by atoms with van der Waals surface area (Å²) in [5, 5.41) is 23.0. The quantitative estimate of drug-likeness (QED) is 0.522. The summed E-state index contributed by atoms with van der Waals surface area (Å²) in [4.78, 5) is 25.8. The fraction of sp³-hybridized carbons (Fsp3) is 0.933. The van der Waals surface area contributed by atoms with Crippen molar-refractivity contribution in [2.75, 3.05) is 6.61 Å². The van der Waals surface area contributed by atoms with Gasteiger partial charge < -0.3 is 10.2 Å². The molecule has 0 heterocycles. The van der Waals surface area contributed by atoms with Gasteiger partial charge in [0.25, 0.3) is 0 Å². The minimum atomic E-state index is -0.515. The van der Waals surface area contributed by atoms with Gasteiger partial charge in [-0.2, -0.15) is 0 Å². The predicted molar refractivity (Wildman–Crippen MR) is 133 cm³/mol. The molecule has 0 radical (unpaired) electrons. The Kier molecular flexibility index (Phi) is 5.27. The summed E-state index contributed by atoms with van der Waals surface area (Å²) in [6, 6.07) is 0. The van der Waals surface area contributed by atoms with Gasteiger partial charge in [0.2, 0.25) is 0 Å². The lowest BCUT2D eigenvalue weighted by Gasteiger charge is -2.75. The highest BCUT2D eigenvalue weighted by atomic mass is 16.3. The minimum absolute atomic E-state index is 0.00132. The van der Waals surface area contributed by atoms with Crippen molar-refractivity contribution >= 4 is 11.6 Å². The number of rotatable bonds is 1. The van der Waals surface area contributed by atoms with Crippen LogP contribution in [-0.4, -0.2) is 34.5 Å². The van der Waals surface area contributed by atoms with Crippen LogP contribution in [0.5, 0.6) is 0 Å². The van der Waals surface area contributed by atoms with Crippen molar-refractivity contribution in [3.8, 4) is 0 Å². The summed E-state index contributed by atoms with van der Waals surface area (Å²) in [7, 11) is 0. The third-order valence-corrected chi connectivity index (χ3v) is 13.7. The molecule has 4 heteroatoms. The maximum atomic E-state index is 13.1. The maximum absolute atomic E-state index is 13.1. The van der Waals surface area contributed by atoms with Crippen LogP contribution in [0, 0.1) is 56.2 Å². The van der Waals surface area contributed by atoms with Gasteiger partial charge in [-0.15, -0.1) is 0 Å². The van der Waals surface area contributed by atoms with Gasteiger partial charge in [-0.25, -0.2) is 0 Å². The van der Waals surface area contributed by atoms with E-state index in [0.717, 1.165) is 38.5 Å². The van der Waals surface area contributed by atoms with Gasteiger partial charge in [0, 0.05) is 41.6 Å². The van der Waals surface area contributed by atoms with Gasteiger partial charge in [-0.05, 0) is 78.9 Å². The number of hydrogen-bond acceptors (Lipinski definition) is 4. The largest absolute Gasteiger partial charge is 0.396 e. The van der Waals surface area contributed by atoms with E-state index >= 15 is 0 Å². The first-order valence-corrected chi connectivity index (χ1v) is 14.0. The second kappa shape index (κ2) is 7.18. The second-order valence-corrected chi connectivity index (χ2v) is 15.1. The van der Waals surface area contributed by atoms with Crippen molar-refractivity contribution < 1.29 is 19.8 Å². The van der Waals surface area contributed by atoms with Crippen molar-refractivity contribution in [2.45, 2.75) is 112 Å². The van der Waals surface area contributed by atoms with Gasteiger partial charge >= 0.3 is 0 Å². The summed E-state index contributed by atoms with van der Waals surface area (Å²) in [6.45, 7) is 15.8. The van der Waals surface area contributed by atoms with Gasteiger partial charge in [-0.1, -0.05) is 48.5 Å². The van der Waals surface area contributed by atoms with Crippen LogP contribution >= 0.6 is 0 Å². The van der Waals surface area contributed by atoms with Crippen LogP contribution in [0.25, 0.3) is 0 Å². The summed E-state index contributed by atoms with van der Waals surface area (Å²) in [6.07, 6.45) is 7.29. The first kappa shape index (κ1) is 24.9. The second-order valence-electron chi connectivity index (χ2n) is 15.1. The summed E-state index contributed by atoms with van der Waals surface area (Å²) in [5.74, 6) is 1.53. The molecule has 34 heavy (non-hydrogen) atoms. The van der Waals surface area contributed by atoms with Crippen molar-refractivity contribution in [2.24, 2.45) is 56.2 Å². The Hall–Kier alpha value is -0.740. The van der Waals surface area contributed by atoms with Crippen LogP contribution in [0.2, 0.25) is 0 Å². The molecule has 0 aromatic rings. The fourth-order valence-corrected chi connectivity index (χ4v) is 11.1. The number of fused-ring (bicyclic) bond motifs is 7. The summed E-state index contributed by atoms with van der Waals surface area (Å²) >= 11 is 0. The predicted octanol–water partition coefficient (Wildman–Crippen LogP) is 5.58. The lowest BCUT2D eigenvalue weighted by atomic mass is 9.29. The van der Waals surface area contributed by atoms with Crippen LogP contribution < -0.4 is 0 Å². The Morgan fingerprint density at radius 2 is 1.59 bits per heavy atom. The van der Waals surface area contributed by atoms with Crippen LogP contribution in [0.3, 0.4) is 0 Å². The Bertz CT molecular complexity index is 909. The van der Waals surface area contributed by atoms with Gasteiger partial charge in [0.15, 0.2) is 0 Å². The Morgan fingerprint density at radius 1 is 0.912 bits per heavy atom. The average Bonchev–Trinajstić information content (AvgIpc) is 2.76. The normalized spacial score (nSPS) is 56.7. The molecular formula is C30H48O4. The lowest BCUT2D eigenvalue weighted by molar-refractivity contribution is -0.286. The van der Waals surface area contributed by atoms with E-state index in [1.165, 1.54) is 0 Å². The number of aliphatic hydroxyl groups excluding tert-OH is 2. The van der Waals surface area contributed by atoms with Crippen LogP contribution in [0.15, 0.2) is 0 Å². The van der Waals surface area contributed by atoms with E-state index in [0.29, 0.717) is 42.7 Å². The minimum Gasteiger partial charge on any atom is -0.396 e. The van der Waals surface area contributed by atoms with Gasteiger partial charge in [-0.3, -0.25) is 9.59 Å². The highest BCUT2D eigenvalue weighted by Gasteiger charge is 2.74. The Balaban J connectivity index is 1.61. The molecule has 5 saturated carbocycles. The summed E-state index contributed by atoms with van der Waals surface area (Å²) < 4.78 is 0. The van der Waals surface area contributed by atoms with E-state index in [2.05, 4.69) is 41.5 Å². The van der Waals surface area contributed by atoms with Gasteiger partial charge in [0.1, 0.15) is 11.6 Å². The topological polar surface area (TPSA) is 74.6 Å². The van der Waals surface area contributed by atoms with Crippen LogP contribution in [-0.2, 0) is 9.59 Å². The Morgan fingerprint density at radius 3 is 2.24 bits per heavy atom. The number of Topliss-reactive ketones (excluding diaryl/α,β-unsaturated/α-hetero) is 2. The van der Waals surface area contributed by atoms with E-state index in [9.17, 15) is 19.8 Å². The van der Waals surface area contributed by atoms with Gasteiger partial charge in [0.05, 0.1) is 6.10 Å². The van der Waals surface area contributed by atoms with Crippen LogP contribution in [0.1, 0.15) is 106 Å². The molecule has 0 bridgehead atoms. The number of hydrogen-bond donors (Lipinski definition) is 2. The fourth-order valence-electron chi connectivity index (χ4n) is 11.1. The molecule has 0 saturated heterocycles. The van der Waals surface area contributed by atoms with E-state index in [1.807, 2.05) is 6.92 Å². The number of carbonyl (C=O) groups is 2. The summed E-state index contributed by atoms with van der Waals surface area (Å²) in [5.41, 5.74) is -0.974. The van der Waals surface area contributed by atoms with E-state index in [-0.39, 0.29) is 50.9 Å². The molecule has 4 nitrogen and oxygen atoms in total. The molecule has 0 aliphatic heterocycles. The third kappa shape index (κ3) is 2.74. The number of ketones is 2. The molecule has 5 aliphatic rings. The van der Waals surface area contributed by atoms with Crippen LogP contribution in [0.4, 0.5) is 0 Å². The van der Waals surface area contributed by atoms with Crippen molar-refractivity contribution in [3.63, 3.8) is 0 Å². The molecule has 2 N–H and O–H groups in total. The first-order chi connectivity index (χ1) is 15.6. The smallest absolute Gasteiger partial charge is 0.139 e.